The van der Waals surface area contributed by atoms with Crippen molar-refractivity contribution >= 4 is 87.7 Å². The molecule has 12 heteroatoms. The molecule has 6 heterocycles. The van der Waals surface area contributed by atoms with Gasteiger partial charge in [0.05, 0.1) is 0 Å². The Labute approximate surface area is 859 Å². The molecular formula is C135H99N9Si3. The molecule has 0 N–H and O–H groups in total. The highest BCUT2D eigenvalue weighted by molar-refractivity contribution is 7.05. The van der Waals surface area contributed by atoms with Crippen LogP contribution in [0.15, 0.2) is 491 Å². The van der Waals surface area contributed by atoms with E-state index in [1.54, 1.807) is 0 Å². The number of fused-ring (bicyclic) bond motifs is 12. The number of rotatable bonds is 15. The lowest BCUT2D eigenvalue weighted by Gasteiger charge is -2.19. The average Bonchev–Trinajstić information content (AvgIpc) is 1.57. The SMILES string of the molecule is C[Si]1(C)c2cc(-c3nc(-c4ccc(-c5ccccc5)cc4)nc(-c4ccc(-c5ccccc5)cc4)n3)ccc2-c2cc3ccccc3cc21.C[Si]1(C)c2cc3ccccc3cc2-c2c(-c3nc(-c4ccc(-c5ccccc5)cc4)nc(-c4ccc(-c5ccccc5)cc4)n3)cccc21.C[Si]1(C)c2ccc(-c3nc(-c4ccc(-c5ccccc5)cc4)nc(-c4ccc(-c5ccccc5)cc4)n3)cc2-c2cc3ccccc3cc21. The zero-order valence-electron chi connectivity index (χ0n) is 82.3. The monoisotopic (exact) mass is 1930 g/mol. The van der Waals surface area contributed by atoms with Crippen LogP contribution in [0.25, 0.3) is 235 Å². The first kappa shape index (κ1) is 90.4. The van der Waals surface area contributed by atoms with Gasteiger partial charge in [0.25, 0.3) is 0 Å². The van der Waals surface area contributed by atoms with Gasteiger partial charge in [0, 0.05) is 50.1 Å². The molecule has 0 amide bonds. The summed E-state index contributed by atoms with van der Waals surface area (Å²) in [6.45, 7) is 14.8. The van der Waals surface area contributed by atoms with Gasteiger partial charge in [-0.05, 0) is 188 Å². The summed E-state index contributed by atoms with van der Waals surface area (Å²) >= 11 is 0. The van der Waals surface area contributed by atoms with Crippen LogP contribution in [-0.2, 0) is 0 Å². The summed E-state index contributed by atoms with van der Waals surface area (Å²) in [5.41, 5.74) is 30.8. The Bertz CT molecular complexity index is 8850. The molecule has 696 valence electrons. The van der Waals surface area contributed by atoms with Crippen LogP contribution >= 0.6 is 0 Å². The maximum Gasteiger partial charge on any atom is 0.164 e. The van der Waals surface area contributed by atoms with Gasteiger partial charge >= 0.3 is 0 Å². The first-order valence-corrected chi connectivity index (χ1v) is 59.3. The predicted octanol–water partition coefficient (Wildman–Crippen LogP) is 30.5. The largest absolute Gasteiger partial charge is 0.208 e. The van der Waals surface area contributed by atoms with E-state index in [1.165, 1.54) is 130 Å². The summed E-state index contributed by atoms with van der Waals surface area (Å²) in [4.78, 5) is 46.2. The highest BCUT2D eigenvalue weighted by atomic mass is 28.3. The molecule has 0 saturated carbocycles. The number of hydrogen-bond donors (Lipinski definition) is 0. The van der Waals surface area contributed by atoms with Gasteiger partial charge < -0.3 is 0 Å². The zero-order valence-corrected chi connectivity index (χ0v) is 85.3. The number of nitrogens with zero attached hydrogens (tertiary/aromatic N) is 9. The molecule has 0 unspecified atom stereocenters. The normalized spacial score (nSPS) is 12.9. The van der Waals surface area contributed by atoms with E-state index >= 15 is 0 Å². The van der Waals surface area contributed by atoms with Gasteiger partial charge in [-0.15, -0.1) is 0 Å². The van der Waals surface area contributed by atoms with Crippen LogP contribution in [-0.4, -0.2) is 69.1 Å². The fourth-order valence-corrected chi connectivity index (χ4v) is 31.0. The van der Waals surface area contributed by atoms with Crippen LogP contribution in [0, 0.1) is 0 Å². The van der Waals surface area contributed by atoms with E-state index < -0.39 is 24.2 Å². The van der Waals surface area contributed by atoms with Crippen LogP contribution in [0.2, 0.25) is 39.3 Å². The van der Waals surface area contributed by atoms with E-state index in [-0.39, 0.29) is 0 Å². The third-order valence-electron chi connectivity index (χ3n) is 29.8. The Morgan fingerprint density at radius 3 is 0.633 bits per heavy atom. The third kappa shape index (κ3) is 17.3. The quantitative estimate of drug-likeness (QED) is 0.0925. The standard InChI is InChI=1S/3C45H33N3Si/c1-49(2)40-19-11-18-38(42(40)39-28-36-16-9-10-17-37(36)29-41(39)49)45-47-43(34-24-20-32(21-25-34)30-12-5-3-6-13-30)46-44(48-45)35-26-22-33(23-27-35)31-14-7-4-8-15-31;1-49(2)41-26-25-38(28-39(41)40-27-36-15-9-10-16-37(36)29-42(40)49)45-47-43(34-21-17-32(18-22-34)30-11-5-3-6-12-30)46-44(48-45)35-23-19-33(20-24-35)31-13-7-4-8-14-31;1-49(2)41-29-38(25-26-39(41)40-27-36-15-9-10-16-37(36)28-42(40)49)45-47-43(34-21-17-32(18-22-34)30-11-5-3-6-12-30)46-44(48-45)35-23-19-33(20-24-35)31-13-7-4-8-14-31/h3*3-29H,1-2H3. The second-order valence-corrected chi connectivity index (χ2v) is 52.9. The van der Waals surface area contributed by atoms with Crippen molar-refractivity contribution in [2.24, 2.45) is 0 Å². The Kier molecular flexibility index (Phi) is 23.2. The summed E-state index contributed by atoms with van der Waals surface area (Å²) in [5, 5.41) is 16.5. The van der Waals surface area contributed by atoms with Gasteiger partial charge in [-0.2, -0.15) is 0 Å². The van der Waals surface area contributed by atoms with E-state index in [1.807, 2.05) is 36.4 Å². The number of aromatic nitrogens is 9. The van der Waals surface area contributed by atoms with E-state index in [4.69, 9.17) is 44.9 Å². The highest BCUT2D eigenvalue weighted by Crippen LogP contribution is 2.43. The maximum atomic E-state index is 5.22. The van der Waals surface area contributed by atoms with Crippen LogP contribution in [0.3, 0.4) is 0 Å². The van der Waals surface area contributed by atoms with Crippen LogP contribution < -0.4 is 31.1 Å². The third-order valence-corrected chi connectivity index (χ3v) is 40.4. The Balaban J connectivity index is 0.000000115. The van der Waals surface area contributed by atoms with Crippen molar-refractivity contribution in [1.82, 2.24) is 44.9 Å². The minimum Gasteiger partial charge on any atom is -0.208 e. The average molecular weight is 1930 g/mol. The Morgan fingerprint density at radius 1 is 0.116 bits per heavy atom. The molecule has 0 saturated heterocycles. The molecule has 27 rings (SSSR count). The zero-order chi connectivity index (χ0) is 98.9. The van der Waals surface area contributed by atoms with E-state index in [0.717, 1.165) is 83.5 Å². The van der Waals surface area contributed by atoms with Crippen molar-refractivity contribution in [2.45, 2.75) is 39.3 Å². The smallest absolute Gasteiger partial charge is 0.164 e. The number of hydrogen-bond acceptors (Lipinski definition) is 9. The molecule has 3 aliphatic heterocycles. The van der Waals surface area contributed by atoms with Crippen LogP contribution in [0.1, 0.15) is 0 Å². The Morgan fingerprint density at radius 2 is 0.320 bits per heavy atom. The van der Waals surface area contributed by atoms with Crippen molar-refractivity contribution in [3.63, 3.8) is 0 Å². The van der Waals surface area contributed by atoms with Crippen molar-refractivity contribution < 1.29 is 0 Å². The molecule has 0 bridgehead atoms. The van der Waals surface area contributed by atoms with E-state index in [9.17, 15) is 0 Å². The summed E-state index contributed by atoms with van der Waals surface area (Å²) in [6.07, 6.45) is 0. The summed E-state index contributed by atoms with van der Waals surface area (Å²) in [6, 6.07) is 175. The molecule has 3 aliphatic rings. The molecule has 0 atom stereocenters. The molecule has 0 aliphatic carbocycles. The van der Waals surface area contributed by atoms with E-state index in [0.29, 0.717) is 52.4 Å². The van der Waals surface area contributed by atoms with Crippen molar-refractivity contribution in [3.05, 3.63) is 491 Å². The lowest BCUT2D eigenvalue weighted by atomic mass is 9.96. The van der Waals surface area contributed by atoms with Gasteiger partial charge in [0.2, 0.25) is 0 Å². The van der Waals surface area contributed by atoms with Gasteiger partial charge in [0.15, 0.2) is 52.4 Å². The molecule has 0 fully saturated rings. The van der Waals surface area contributed by atoms with Crippen LogP contribution in [0.5, 0.6) is 0 Å². The molecule has 147 heavy (non-hydrogen) atoms. The van der Waals surface area contributed by atoms with E-state index in [2.05, 4.69) is 494 Å². The second-order valence-electron chi connectivity index (χ2n) is 39.9. The van der Waals surface area contributed by atoms with Gasteiger partial charge in [-0.25, -0.2) is 44.9 Å². The predicted molar refractivity (Wildman–Crippen MR) is 620 cm³/mol. The lowest BCUT2D eigenvalue weighted by molar-refractivity contribution is 1.07. The van der Waals surface area contributed by atoms with Crippen molar-refractivity contribution in [1.29, 1.82) is 0 Å². The first-order valence-electron chi connectivity index (χ1n) is 50.3. The van der Waals surface area contributed by atoms with Crippen molar-refractivity contribution in [2.75, 3.05) is 0 Å². The maximum absolute atomic E-state index is 5.22. The summed E-state index contributed by atoms with van der Waals surface area (Å²) in [7, 11) is -5.80. The fourth-order valence-electron chi connectivity index (χ4n) is 21.7. The minimum atomic E-state index is -1.97. The molecular weight excluding hydrogens is 1830 g/mol. The highest BCUT2D eigenvalue weighted by Gasteiger charge is 2.42. The minimum absolute atomic E-state index is 0.661. The summed E-state index contributed by atoms with van der Waals surface area (Å²) < 4.78 is 0. The van der Waals surface area contributed by atoms with Gasteiger partial charge in [-0.3, -0.25) is 0 Å². The molecule has 0 spiro atoms. The number of benzene rings is 21. The molecule has 9 nitrogen and oxygen atoms in total. The second kappa shape index (κ2) is 37.7. The first-order chi connectivity index (χ1) is 72.0. The molecule has 3 aromatic heterocycles. The molecule has 21 aromatic carbocycles. The molecule has 24 aromatic rings. The van der Waals surface area contributed by atoms with Crippen molar-refractivity contribution in [3.8, 4) is 203 Å². The molecule has 0 radical (unpaired) electrons. The fraction of sp³-hybridized carbons (Fsp3) is 0.0444. The van der Waals surface area contributed by atoms with Gasteiger partial charge in [0.1, 0.15) is 24.2 Å². The van der Waals surface area contributed by atoms with Gasteiger partial charge in [-0.1, -0.05) is 506 Å². The Hall–Kier alpha value is -17.9. The lowest BCUT2D eigenvalue weighted by Crippen LogP contribution is -2.49. The summed E-state index contributed by atoms with van der Waals surface area (Å²) in [5.74, 6) is 6.04. The van der Waals surface area contributed by atoms with Crippen LogP contribution in [0.4, 0.5) is 0 Å². The topological polar surface area (TPSA) is 116 Å².